The molecule has 0 fully saturated rings. The van der Waals surface area contributed by atoms with Crippen LogP contribution in [0, 0.1) is 5.82 Å². The van der Waals surface area contributed by atoms with Crippen LogP contribution in [0.3, 0.4) is 0 Å². The van der Waals surface area contributed by atoms with Gasteiger partial charge in [0.05, 0.1) is 0 Å². The highest BCUT2D eigenvalue weighted by Gasteiger charge is 2.08. The van der Waals surface area contributed by atoms with Gasteiger partial charge in [0.1, 0.15) is 5.82 Å². The van der Waals surface area contributed by atoms with Gasteiger partial charge in [-0.15, -0.1) is 10.2 Å². The predicted molar refractivity (Wildman–Crippen MR) is 94.6 cm³/mol. The van der Waals surface area contributed by atoms with Crippen LogP contribution in [0.15, 0.2) is 59.3 Å². The van der Waals surface area contributed by atoms with Crippen LogP contribution in [-0.4, -0.2) is 28.4 Å². The molecule has 3 aromatic rings. The van der Waals surface area contributed by atoms with Crippen LogP contribution in [0.5, 0.6) is 0 Å². The summed E-state index contributed by atoms with van der Waals surface area (Å²) in [4.78, 5) is 12.1. The molecule has 0 saturated heterocycles. The summed E-state index contributed by atoms with van der Waals surface area (Å²) in [5.74, 6) is 1.36. The number of benzene rings is 2. The van der Waals surface area contributed by atoms with Gasteiger partial charge in [-0.1, -0.05) is 18.2 Å². The van der Waals surface area contributed by atoms with E-state index in [1.165, 1.54) is 12.5 Å². The van der Waals surface area contributed by atoms with E-state index in [0.29, 0.717) is 35.1 Å². The van der Waals surface area contributed by atoms with Gasteiger partial charge in [0.2, 0.25) is 12.3 Å². The Bertz CT molecular complexity index is 823. The Morgan fingerprint density at radius 1 is 1.16 bits per heavy atom. The van der Waals surface area contributed by atoms with Crippen molar-refractivity contribution in [2.24, 2.45) is 0 Å². The molecule has 1 aromatic heterocycles. The number of carbonyl (C=O) groups is 1. The molecule has 0 spiro atoms. The Labute approximate surface area is 148 Å². The summed E-state index contributed by atoms with van der Waals surface area (Å²) in [7, 11) is 0. The number of halogens is 1. The highest BCUT2D eigenvalue weighted by molar-refractivity contribution is 7.98. The number of hydrogen-bond donors (Lipinski definition) is 1. The SMILES string of the molecule is O=C(NCCSCc1ccccc1F)c1ccc(-c2nnco2)cc1. The Kier molecular flexibility index (Phi) is 5.79. The van der Waals surface area contributed by atoms with Crippen molar-refractivity contribution in [3.63, 3.8) is 0 Å². The van der Waals surface area contributed by atoms with E-state index in [1.54, 1.807) is 48.2 Å². The lowest BCUT2D eigenvalue weighted by Crippen LogP contribution is -2.25. The molecule has 1 heterocycles. The zero-order valence-corrected chi connectivity index (χ0v) is 14.1. The summed E-state index contributed by atoms with van der Waals surface area (Å²) in [5, 5.41) is 10.3. The predicted octanol–water partition coefficient (Wildman–Crippen LogP) is 3.54. The summed E-state index contributed by atoms with van der Waals surface area (Å²) in [6, 6.07) is 13.7. The van der Waals surface area contributed by atoms with Crippen LogP contribution < -0.4 is 5.32 Å². The fourth-order valence-corrected chi connectivity index (χ4v) is 3.04. The smallest absolute Gasteiger partial charge is 0.251 e. The lowest BCUT2D eigenvalue weighted by molar-refractivity contribution is 0.0956. The van der Waals surface area contributed by atoms with Crippen molar-refractivity contribution >= 4 is 17.7 Å². The molecule has 0 atom stereocenters. The van der Waals surface area contributed by atoms with Crippen molar-refractivity contribution in [2.75, 3.05) is 12.3 Å². The van der Waals surface area contributed by atoms with Crippen LogP contribution >= 0.6 is 11.8 Å². The quantitative estimate of drug-likeness (QED) is 0.655. The Hall–Kier alpha value is -2.67. The maximum Gasteiger partial charge on any atom is 0.251 e. The minimum Gasteiger partial charge on any atom is -0.423 e. The molecular weight excluding hydrogens is 341 g/mol. The number of hydrogen-bond acceptors (Lipinski definition) is 5. The fourth-order valence-electron chi connectivity index (χ4n) is 2.20. The third-order valence-electron chi connectivity index (χ3n) is 3.50. The normalized spacial score (nSPS) is 10.6. The largest absolute Gasteiger partial charge is 0.423 e. The zero-order chi connectivity index (χ0) is 17.5. The van der Waals surface area contributed by atoms with E-state index in [-0.39, 0.29) is 11.7 Å². The number of thioether (sulfide) groups is 1. The average Bonchev–Trinajstić information content (AvgIpc) is 3.17. The van der Waals surface area contributed by atoms with Crippen LogP contribution in [-0.2, 0) is 5.75 Å². The van der Waals surface area contributed by atoms with Gasteiger partial charge in [0.15, 0.2) is 0 Å². The van der Waals surface area contributed by atoms with Crippen LogP contribution in [0.25, 0.3) is 11.5 Å². The average molecular weight is 357 g/mol. The molecule has 0 aliphatic carbocycles. The number of rotatable bonds is 7. The molecule has 0 aliphatic rings. The van der Waals surface area contributed by atoms with Crippen molar-refractivity contribution in [3.05, 3.63) is 71.9 Å². The van der Waals surface area contributed by atoms with Crippen LogP contribution in [0.1, 0.15) is 15.9 Å². The molecule has 25 heavy (non-hydrogen) atoms. The van der Waals surface area contributed by atoms with Gasteiger partial charge >= 0.3 is 0 Å². The minimum atomic E-state index is -0.194. The van der Waals surface area contributed by atoms with Crippen molar-refractivity contribution in [3.8, 4) is 11.5 Å². The lowest BCUT2D eigenvalue weighted by atomic mass is 10.1. The summed E-state index contributed by atoms with van der Waals surface area (Å²) in [5.41, 5.74) is 1.99. The Morgan fingerprint density at radius 2 is 1.96 bits per heavy atom. The van der Waals surface area contributed by atoms with Crippen molar-refractivity contribution in [1.29, 1.82) is 0 Å². The third-order valence-corrected chi connectivity index (χ3v) is 4.51. The second kappa shape index (κ2) is 8.43. The first-order valence-electron chi connectivity index (χ1n) is 7.70. The van der Waals surface area contributed by atoms with Gasteiger partial charge in [0.25, 0.3) is 5.91 Å². The molecule has 7 heteroatoms. The van der Waals surface area contributed by atoms with Gasteiger partial charge < -0.3 is 9.73 Å². The van der Waals surface area contributed by atoms with E-state index in [9.17, 15) is 9.18 Å². The molecule has 0 saturated carbocycles. The molecule has 0 aliphatic heterocycles. The molecule has 0 radical (unpaired) electrons. The summed E-state index contributed by atoms with van der Waals surface area (Å²) in [6.45, 7) is 0.517. The molecular formula is C18H16FN3O2S. The number of aromatic nitrogens is 2. The maximum atomic E-state index is 13.5. The Morgan fingerprint density at radius 3 is 2.68 bits per heavy atom. The van der Waals surface area contributed by atoms with E-state index in [4.69, 9.17) is 4.42 Å². The third kappa shape index (κ3) is 4.67. The first-order chi connectivity index (χ1) is 12.2. The first kappa shape index (κ1) is 17.2. The fraction of sp³-hybridized carbons (Fsp3) is 0.167. The van der Waals surface area contributed by atoms with Crippen molar-refractivity contribution < 1.29 is 13.6 Å². The van der Waals surface area contributed by atoms with E-state index < -0.39 is 0 Å². The van der Waals surface area contributed by atoms with E-state index in [1.807, 2.05) is 6.07 Å². The minimum absolute atomic E-state index is 0.149. The Balaban J connectivity index is 1.43. The van der Waals surface area contributed by atoms with Crippen LogP contribution in [0.4, 0.5) is 4.39 Å². The van der Waals surface area contributed by atoms with E-state index in [0.717, 1.165) is 5.56 Å². The van der Waals surface area contributed by atoms with E-state index >= 15 is 0 Å². The molecule has 128 valence electrons. The standard InChI is InChI=1S/C18H16FN3O2S/c19-16-4-2-1-3-15(16)11-25-10-9-20-17(23)13-5-7-14(8-6-13)18-22-21-12-24-18/h1-8,12H,9-11H2,(H,20,23). The van der Waals surface area contributed by atoms with E-state index in [2.05, 4.69) is 15.5 Å². The maximum absolute atomic E-state index is 13.5. The van der Waals surface area contributed by atoms with Gasteiger partial charge in [-0.25, -0.2) is 4.39 Å². The molecule has 3 rings (SSSR count). The van der Waals surface area contributed by atoms with Gasteiger partial charge in [-0.3, -0.25) is 4.79 Å². The highest BCUT2D eigenvalue weighted by atomic mass is 32.2. The monoisotopic (exact) mass is 357 g/mol. The zero-order valence-electron chi connectivity index (χ0n) is 13.3. The first-order valence-corrected chi connectivity index (χ1v) is 8.85. The molecule has 0 unspecified atom stereocenters. The molecule has 1 N–H and O–H groups in total. The van der Waals surface area contributed by atoms with Crippen molar-refractivity contribution in [1.82, 2.24) is 15.5 Å². The number of amides is 1. The second-order valence-corrected chi connectivity index (χ2v) is 6.33. The molecule has 5 nitrogen and oxygen atoms in total. The highest BCUT2D eigenvalue weighted by Crippen LogP contribution is 2.17. The van der Waals surface area contributed by atoms with Gasteiger partial charge in [0, 0.05) is 29.2 Å². The summed E-state index contributed by atoms with van der Waals surface area (Å²) < 4.78 is 18.6. The molecule has 0 bridgehead atoms. The van der Waals surface area contributed by atoms with Crippen molar-refractivity contribution in [2.45, 2.75) is 5.75 Å². The number of carbonyl (C=O) groups excluding carboxylic acids is 1. The number of nitrogens with one attached hydrogen (secondary N) is 1. The lowest BCUT2D eigenvalue weighted by Gasteiger charge is -2.06. The topological polar surface area (TPSA) is 68.0 Å². The summed E-state index contributed by atoms with van der Waals surface area (Å²) in [6.07, 6.45) is 1.26. The van der Waals surface area contributed by atoms with Gasteiger partial charge in [-0.2, -0.15) is 11.8 Å². The number of nitrogens with zero attached hydrogens (tertiary/aromatic N) is 2. The molecule has 2 aromatic carbocycles. The summed E-state index contributed by atoms with van der Waals surface area (Å²) >= 11 is 1.58. The van der Waals surface area contributed by atoms with Crippen LogP contribution in [0.2, 0.25) is 0 Å². The van der Waals surface area contributed by atoms with Gasteiger partial charge in [-0.05, 0) is 35.9 Å². The second-order valence-electron chi connectivity index (χ2n) is 5.22. The molecule has 1 amide bonds.